The van der Waals surface area contributed by atoms with E-state index in [1.54, 1.807) is 25.3 Å². The molecule has 0 aliphatic rings. The number of aromatic nitrogens is 2. The Labute approximate surface area is 135 Å². The molecule has 5 nitrogen and oxygen atoms in total. The van der Waals surface area contributed by atoms with E-state index < -0.39 is 0 Å². The van der Waals surface area contributed by atoms with Gasteiger partial charge in [-0.3, -0.25) is 9.59 Å². The van der Waals surface area contributed by atoms with Gasteiger partial charge in [-0.1, -0.05) is 6.07 Å². The molecule has 0 saturated carbocycles. The average Bonchev–Trinajstić information content (AvgIpc) is 3.11. The molecule has 0 atom stereocenters. The van der Waals surface area contributed by atoms with Crippen LogP contribution >= 0.6 is 22.7 Å². The number of hydrogen-bond acceptors (Lipinski definition) is 5. The van der Waals surface area contributed by atoms with E-state index in [1.807, 2.05) is 11.4 Å². The Balaban J connectivity index is 1.81. The predicted molar refractivity (Wildman–Crippen MR) is 90.0 cm³/mol. The van der Waals surface area contributed by atoms with Gasteiger partial charge in [0.1, 0.15) is 4.83 Å². The van der Waals surface area contributed by atoms with Crippen molar-refractivity contribution in [1.29, 1.82) is 0 Å². The van der Waals surface area contributed by atoms with Crippen molar-refractivity contribution in [3.05, 3.63) is 49.5 Å². The molecule has 1 N–H and O–H groups in total. The summed E-state index contributed by atoms with van der Waals surface area (Å²) in [5.41, 5.74) is 0.596. The first-order chi connectivity index (χ1) is 10.6. The number of amides is 1. The van der Waals surface area contributed by atoms with E-state index in [4.69, 9.17) is 0 Å². The molecular formula is C15H15N3O2S2. The maximum Gasteiger partial charge on any atom is 0.262 e. The Morgan fingerprint density at radius 2 is 2.27 bits per heavy atom. The zero-order valence-corrected chi connectivity index (χ0v) is 13.9. The summed E-state index contributed by atoms with van der Waals surface area (Å²) in [6, 6.07) is 4.05. The van der Waals surface area contributed by atoms with Gasteiger partial charge in [0, 0.05) is 18.5 Å². The maximum absolute atomic E-state index is 12.3. The average molecular weight is 333 g/mol. The van der Waals surface area contributed by atoms with Gasteiger partial charge in [-0.15, -0.1) is 22.7 Å². The summed E-state index contributed by atoms with van der Waals surface area (Å²) < 4.78 is 1.43. The smallest absolute Gasteiger partial charge is 0.262 e. The summed E-state index contributed by atoms with van der Waals surface area (Å²) in [4.78, 5) is 31.1. The highest BCUT2D eigenvalue weighted by molar-refractivity contribution is 7.20. The van der Waals surface area contributed by atoms with Crippen molar-refractivity contribution in [3.8, 4) is 0 Å². The quantitative estimate of drug-likeness (QED) is 0.797. The molecule has 0 bridgehead atoms. The lowest BCUT2D eigenvalue weighted by atomic mass is 10.2. The van der Waals surface area contributed by atoms with Gasteiger partial charge in [-0.2, -0.15) is 0 Å². The van der Waals surface area contributed by atoms with E-state index in [-0.39, 0.29) is 11.5 Å². The third kappa shape index (κ3) is 2.69. The summed E-state index contributed by atoms with van der Waals surface area (Å²) in [6.45, 7) is 2.38. The van der Waals surface area contributed by atoms with Crippen molar-refractivity contribution in [2.24, 2.45) is 7.05 Å². The fraction of sp³-hybridized carbons (Fsp3) is 0.267. The highest BCUT2D eigenvalue weighted by atomic mass is 32.1. The molecular weight excluding hydrogens is 318 g/mol. The third-order valence-corrected chi connectivity index (χ3v) is 5.59. The van der Waals surface area contributed by atoms with Crippen molar-refractivity contribution in [2.45, 2.75) is 13.3 Å². The molecule has 0 fully saturated rings. The molecule has 0 aromatic carbocycles. The van der Waals surface area contributed by atoms with E-state index in [0.29, 0.717) is 27.2 Å². The molecule has 114 valence electrons. The van der Waals surface area contributed by atoms with Crippen LogP contribution in [0.2, 0.25) is 0 Å². The van der Waals surface area contributed by atoms with Gasteiger partial charge >= 0.3 is 0 Å². The molecule has 0 aliphatic heterocycles. The second kappa shape index (κ2) is 6.02. The molecule has 0 aliphatic carbocycles. The van der Waals surface area contributed by atoms with Crippen LogP contribution < -0.4 is 10.9 Å². The first-order valence-electron chi connectivity index (χ1n) is 6.83. The van der Waals surface area contributed by atoms with E-state index in [1.165, 1.54) is 27.1 Å². The van der Waals surface area contributed by atoms with Crippen LogP contribution in [0.15, 0.2) is 28.6 Å². The number of nitrogens with zero attached hydrogens (tertiary/aromatic N) is 2. The van der Waals surface area contributed by atoms with Crippen molar-refractivity contribution >= 4 is 38.8 Å². The van der Waals surface area contributed by atoms with Crippen molar-refractivity contribution in [3.63, 3.8) is 0 Å². The number of hydrogen-bond donors (Lipinski definition) is 1. The van der Waals surface area contributed by atoms with E-state index in [2.05, 4.69) is 16.4 Å². The summed E-state index contributed by atoms with van der Waals surface area (Å²) >= 11 is 2.95. The molecule has 0 spiro atoms. The topological polar surface area (TPSA) is 64.0 Å². The molecule has 3 aromatic heterocycles. The molecule has 22 heavy (non-hydrogen) atoms. The first-order valence-corrected chi connectivity index (χ1v) is 8.53. The number of aryl methyl sites for hydroxylation is 2. The Kier molecular flexibility index (Phi) is 4.08. The molecule has 0 radical (unpaired) electrons. The lowest BCUT2D eigenvalue weighted by Crippen LogP contribution is -2.25. The number of carbonyl (C=O) groups excluding carboxylic acids is 1. The summed E-state index contributed by atoms with van der Waals surface area (Å²) in [5.74, 6) is -0.140. The van der Waals surface area contributed by atoms with Crippen molar-refractivity contribution in [2.75, 3.05) is 6.54 Å². The molecule has 3 aromatic rings. The highest BCUT2D eigenvalue weighted by Gasteiger charge is 2.18. The molecule has 3 heterocycles. The van der Waals surface area contributed by atoms with Crippen LogP contribution in [0.3, 0.4) is 0 Å². The van der Waals surface area contributed by atoms with Crippen molar-refractivity contribution in [1.82, 2.24) is 14.9 Å². The summed E-state index contributed by atoms with van der Waals surface area (Å²) in [7, 11) is 1.66. The molecule has 7 heteroatoms. The normalized spacial score (nSPS) is 11.0. The largest absolute Gasteiger partial charge is 0.351 e. The molecule has 0 unspecified atom stereocenters. The highest BCUT2D eigenvalue weighted by Crippen LogP contribution is 2.26. The number of carbonyl (C=O) groups is 1. The van der Waals surface area contributed by atoms with Gasteiger partial charge in [-0.25, -0.2) is 4.98 Å². The maximum atomic E-state index is 12.3. The van der Waals surface area contributed by atoms with Crippen LogP contribution in [0.25, 0.3) is 10.2 Å². The Morgan fingerprint density at radius 3 is 3.00 bits per heavy atom. The second-order valence-electron chi connectivity index (χ2n) is 4.98. The van der Waals surface area contributed by atoms with Crippen molar-refractivity contribution < 1.29 is 4.79 Å². The second-order valence-corrected chi connectivity index (χ2v) is 7.01. The minimum atomic E-state index is -0.140. The van der Waals surface area contributed by atoms with Crippen LogP contribution in [-0.4, -0.2) is 22.0 Å². The minimum Gasteiger partial charge on any atom is -0.351 e. The zero-order chi connectivity index (χ0) is 15.7. The molecule has 0 saturated heterocycles. The Hall–Kier alpha value is -1.99. The van der Waals surface area contributed by atoms with Crippen LogP contribution in [-0.2, 0) is 13.5 Å². The van der Waals surface area contributed by atoms with E-state index >= 15 is 0 Å². The Bertz CT molecular complexity index is 878. The molecule has 1 amide bonds. The predicted octanol–water partition coefficient (Wildman–Crippen LogP) is 2.34. The van der Waals surface area contributed by atoms with Gasteiger partial charge in [0.05, 0.1) is 16.6 Å². The van der Waals surface area contributed by atoms with Gasteiger partial charge < -0.3 is 9.88 Å². The lowest BCUT2D eigenvalue weighted by molar-refractivity contribution is 0.0958. The lowest BCUT2D eigenvalue weighted by Gasteiger charge is -2.03. The van der Waals surface area contributed by atoms with Gasteiger partial charge in [0.2, 0.25) is 0 Å². The fourth-order valence-corrected chi connectivity index (χ4v) is 4.02. The Morgan fingerprint density at radius 1 is 1.45 bits per heavy atom. The number of fused-ring (bicyclic) bond motifs is 1. The monoisotopic (exact) mass is 333 g/mol. The van der Waals surface area contributed by atoms with Crippen LogP contribution in [0.5, 0.6) is 0 Å². The number of nitrogens with one attached hydrogen (secondary N) is 1. The third-order valence-electron chi connectivity index (χ3n) is 3.45. The fourth-order valence-electron chi connectivity index (χ4n) is 2.26. The van der Waals surface area contributed by atoms with Crippen LogP contribution in [0.4, 0.5) is 0 Å². The van der Waals surface area contributed by atoms with E-state index in [9.17, 15) is 9.59 Å². The number of rotatable bonds is 4. The van der Waals surface area contributed by atoms with Gasteiger partial charge in [-0.05, 0) is 30.4 Å². The summed E-state index contributed by atoms with van der Waals surface area (Å²) in [5, 5.41) is 5.48. The zero-order valence-electron chi connectivity index (χ0n) is 12.3. The minimum absolute atomic E-state index is 0.114. The SMILES string of the molecule is Cc1c(C(=O)NCCc2cccs2)sc2ncn(C)c(=O)c12. The standard InChI is InChI=1S/C15H15N3O2S2/c1-9-11-14(17-8-18(2)15(11)20)22-12(9)13(19)16-6-5-10-4-3-7-21-10/h3-4,7-8H,5-6H2,1-2H3,(H,16,19). The van der Waals surface area contributed by atoms with Crippen LogP contribution in [0.1, 0.15) is 20.1 Å². The molecule has 3 rings (SSSR count). The van der Waals surface area contributed by atoms with Gasteiger partial charge in [0.25, 0.3) is 11.5 Å². The first kappa shape index (κ1) is 14.9. The number of thiophene rings is 2. The summed E-state index contributed by atoms with van der Waals surface area (Å²) in [6.07, 6.45) is 2.30. The van der Waals surface area contributed by atoms with Gasteiger partial charge in [0.15, 0.2) is 0 Å². The van der Waals surface area contributed by atoms with E-state index in [0.717, 1.165) is 6.42 Å². The van der Waals surface area contributed by atoms with Crippen LogP contribution in [0, 0.1) is 6.92 Å².